The molecule has 0 amide bonds. The van der Waals surface area contributed by atoms with Crippen molar-refractivity contribution in [2.45, 2.75) is 0 Å². The van der Waals surface area contributed by atoms with E-state index < -0.39 is 23.9 Å². The second kappa shape index (κ2) is 8.43. The lowest BCUT2D eigenvalue weighted by molar-refractivity contribution is 0.0676. The number of rotatable bonds is 6. The number of carboxylic acids is 4. The van der Waals surface area contributed by atoms with Gasteiger partial charge in [0.25, 0.3) is 0 Å². The van der Waals surface area contributed by atoms with Crippen LogP contribution >= 0.6 is 0 Å². The largest absolute Gasteiger partial charge is 0.478 e. The molecule has 10 nitrogen and oxygen atoms in total. The van der Waals surface area contributed by atoms with Crippen LogP contribution in [-0.4, -0.2) is 54.3 Å². The van der Waals surface area contributed by atoms with Crippen molar-refractivity contribution < 1.29 is 39.6 Å². The van der Waals surface area contributed by atoms with Gasteiger partial charge in [0.1, 0.15) is 0 Å². The summed E-state index contributed by atoms with van der Waals surface area (Å²) in [5.74, 6) is -5.17. The lowest BCUT2D eigenvalue weighted by Gasteiger charge is -2.08. The maximum atomic E-state index is 11.4. The van der Waals surface area contributed by atoms with E-state index in [9.17, 15) is 39.6 Å². The fourth-order valence-electron chi connectivity index (χ4n) is 3.37. The minimum atomic E-state index is -1.29. The normalized spacial score (nSPS) is 10.7. The van der Waals surface area contributed by atoms with Crippen LogP contribution in [0.2, 0.25) is 0 Å². The van der Waals surface area contributed by atoms with Crippen LogP contribution in [-0.2, 0) is 0 Å². The molecule has 0 aliphatic carbocycles. The fraction of sp³-hybridized carbons (Fsp3) is 0. The number of fused-ring (bicyclic) bond motifs is 1. The van der Waals surface area contributed by atoms with Crippen LogP contribution in [0.25, 0.3) is 33.5 Å². The summed E-state index contributed by atoms with van der Waals surface area (Å²) in [4.78, 5) is 54.5. The Morgan fingerprint density at radius 1 is 0.500 bits per heavy atom. The van der Waals surface area contributed by atoms with Gasteiger partial charge >= 0.3 is 23.9 Å². The summed E-state index contributed by atoms with van der Waals surface area (Å²) in [6.45, 7) is 0. The SMILES string of the molecule is O=C(O)c1cc(C(=O)O)cc(-c2ccc3ccc(-c4cc(C(=O)O)cc(C(=O)O)c4)nc3n2)c1. The quantitative estimate of drug-likeness (QED) is 0.333. The summed E-state index contributed by atoms with van der Waals surface area (Å²) < 4.78 is 0. The molecule has 168 valence electrons. The molecule has 0 atom stereocenters. The number of aromatic nitrogens is 2. The molecule has 0 fully saturated rings. The Bertz CT molecular complexity index is 1350. The van der Waals surface area contributed by atoms with Crippen LogP contribution in [0.5, 0.6) is 0 Å². The van der Waals surface area contributed by atoms with Crippen LogP contribution in [0.15, 0.2) is 60.7 Å². The maximum Gasteiger partial charge on any atom is 0.335 e. The van der Waals surface area contributed by atoms with Crippen LogP contribution < -0.4 is 0 Å². The Morgan fingerprint density at radius 3 is 1.12 bits per heavy atom. The molecule has 4 rings (SSSR count). The molecule has 0 spiro atoms. The first-order valence-electron chi connectivity index (χ1n) is 9.64. The monoisotopic (exact) mass is 458 g/mol. The summed E-state index contributed by atoms with van der Waals surface area (Å²) in [6.07, 6.45) is 0. The highest BCUT2D eigenvalue weighted by Gasteiger charge is 2.16. The molecule has 4 N–H and O–H groups in total. The van der Waals surface area contributed by atoms with Gasteiger partial charge in [-0.3, -0.25) is 0 Å². The van der Waals surface area contributed by atoms with E-state index >= 15 is 0 Å². The lowest BCUT2D eigenvalue weighted by Crippen LogP contribution is -2.04. The Balaban J connectivity index is 1.86. The number of carboxylic acid groups (broad SMARTS) is 4. The van der Waals surface area contributed by atoms with Gasteiger partial charge in [0.05, 0.1) is 33.6 Å². The first kappa shape index (κ1) is 22.1. The third-order valence-corrected chi connectivity index (χ3v) is 5.00. The number of pyridine rings is 2. The summed E-state index contributed by atoms with van der Waals surface area (Å²) >= 11 is 0. The average Bonchev–Trinajstić information content (AvgIpc) is 2.82. The van der Waals surface area contributed by atoms with Gasteiger partial charge in [-0.15, -0.1) is 0 Å². The minimum absolute atomic E-state index is 0.213. The van der Waals surface area contributed by atoms with Crippen molar-refractivity contribution in [3.63, 3.8) is 0 Å². The second-order valence-corrected chi connectivity index (χ2v) is 7.26. The predicted molar refractivity (Wildman–Crippen MR) is 118 cm³/mol. The molecule has 0 unspecified atom stereocenters. The molecule has 0 aliphatic heterocycles. The van der Waals surface area contributed by atoms with Crippen molar-refractivity contribution in [2.75, 3.05) is 0 Å². The van der Waals surface area contributed by atoms with E-state index in [1.54, 1.807) is 24.3 Å². The Labute approximate surface area is 190 Å². The van der Waals surface area contributed by atoms with Crippen LogP contribution in [0.1, 0.15) is 41.4 Å². The van der Waals surface area contributed by atoms with Gasteiger partial charge in [-0.1, -0.05) is 0 Å². The van der Waals surface area contributed by atoms with E-state index in [0.717, 1.165) is 12.1 Å². The first-order valence-corrected chi connectivity index (χ1v) is 9.64. The molecule has 0 aliphatic rings. The van der Waals surface area contributed by atoms with Crippen molar-refractivity contribution in [1.82, 2.24) is 9.97 Å². The summed E-state index contributed by atoms with van der Waals surface area (Å²) in [5.41, 5.74) is 0.400. The van der Waals surface area contributed by atoms with Crippen LogP contribution in [0.4, 0.5) is 0 Å². The molecule has 4 aromatic rings. The molecule has 34 heavy (non-hydrogen) atoms. The van der Waals surface area contributed by atoms with E-state index in [1.165, 1.54) is 24.3 Å². The average molecular weight is 458 g/mol. The number of nitrogens with zero attached hydrogens (tertiary/aromatic N) is 2. The standard InChI is InChI=1S/C24H14N2O8/c27-21(28)14-5-12(6-15(9-14)22(29)30)18-3-1-11-2-4-19(26-20(11)25-18)13-7-16(23(31)32)10-17(8-13)24(33)34/h1-10H,(H,27,28)(H,29,30)(H,31,32)(H,33,34). The van der Waals surface area contributed by atoms with Gasteiger partial charge in [0, 0.05) is 16.5 Å². The van der Waals surface area contributed by atoms with E-state index in [1.807, 2.05) is 0 Å². The zero-order chi connectivity index (χ0) is 24.6. The molecule has 0 radical (unpaired) electrons. The molecular formula is C24H14N2O8. The number of aromatic carboxylic acids is 4. The molecule has 2 aromatic carbocycles. The van der Waals surface area contributed by atoms with Crippen molar-refractivity contribution >= 4 is 34.9 Å². The Morgan fingerprint density at radius 2 is 0.824 bits per heavy atom. The summed E-state index contributed by atoms with van der Waals surface area (Å²) in [7, 11) is 0. The number of hydrogen-bond acceptors (Lipinski definition) is 6. The smallest absolute Gasteiger partial charge is 0.335 e. The third-order valence-electron chi connectivity index (χ3n) is 5.00. The van der Waals surface area contributed by atoms with E-state index in [0.29, 0.717) is 5.39 Å². The highest BCUT2D eigenvalue weighted by atomic mass is 16.4. The highest BCUT2D eigenvalue weighted by molar-refractivity contribution is 5.97. The van der Waals surface area contributed by atoms with Crippen molar-refractivity contribution in [3.8, 4) is 22.5 Å². The number of benzene rings is 2. The van der Waals surface area contributed by atoms with Crippen molar-refractivity contribution in [3.05, 3.63) is 82.9 Å². The molecule has 0 bridgehead atoms. The molecule has 0 saturated carbocycles. The zero-order valence-electron chi connectivity index (χ0n) is 17.1. The highest BCUT2D eigenvalue weighted by Crippen LogP contribution is 2.27. The third kappa shape index (κ3) is 4.28. The lowest BCUT2D eigenvalue weighted by atomic mass is 10.0. The van der Waals surface area contributed by atoms with Crippen LogP contribution in [0.3, 0.4) is 0 Å². The van der Waals surface area contributed by atoms with E-state index in [-0.39, 0.29) is 50.4 Å². The van der Waals surface area contributed by atoms with Crippen molar-refractivity contribution in [2.24, 2.45) is 0 Å². The Kier molecular flexibility index (Phi) is 5.48. The maximum absolute atomic E-state index is 11.4. The van der Waals surface area contributed by atoms with Gasteiger partial charge in [-0.2, -0.15) is 0 Å². The van der Waals surface area contributed by atoms with E-state index in [4.69, 9.17) is 0 Å². The van der Waals surface area contributed by atoms with Crippen LogP contribution in [0, 0.1) is 0 Å². The first-order chi connectivity index (χ1) is 16.1. The minimum Gasteiger partial charge on any atom is -0.478 e. The van der Waals surface area contributed by atoms with Gasteiger partial charge in [-0.05, 0) is 60.7 Å². The van der Waals surface area contributed by atoms with Gasteiger partial charge in [-0.25, -0.2) is 29.1 Å². The summed E-state index contributed by atoms with van der Waals surface area (Å²) in [5, 5.41) is 37.8. The number of hydrogen-bond donors (Lipinski definition) is 4. The number of carbonyl (C=O) groups is 4. The van der Waals surface area contributed by atoms with Gasteiger partial charge in [0.2, 0.25) is 0 Å². The van der Waals surface area contributed by atoms with Gasteiger partial charge in [0.15, 0.2) is 5.65 Å². The molecule has 10 heteroatoms. The molecule has 2 aromatic heterocycles. The molecular weight excluding hydrogens is 444 g/mol. The fourth-order valence-corrected chi connectivity index (χ4v) is 3.37. The van der Waals surface area contributed by atoms with E-state index in [2.05, 4.69) is 9.97 Å². The van der Waals surface area contributed by atoms with Gasteiger partial charge < -0.3 is 20.4 Å². The zero-order valence-corrected chi connectivity index (χ0v) is 17.1. The molecule has 0 saturated heterocycles. The van der Waals surface area contributed by atoms with Crippen molar-refractivity contribution in [1.29, 1.82) is 0 Å². The topological polar surface area (TPSA) is 175 Å². The Hall–Kier alpha value is -5.12. The summed E-state index contributed by atoms with van der Waals surface area (Å²) in [6, 6.07) is 13.8. The molecule has 2 heterocycles. The second-order valence-electron chi connectivity index (χ2n) is 7.26. The predicted octanol–water partition coefficient (Wildman–Crippen LogP) is 3.76.